The van der Waals surface area contributed by atoms with Gasteiger partial charge in [-0.3, -0.25) is 9.59 Å². The summed E-state index contributed by atoms with van der Waals surface area (Å²) in [7, 11) is 0. The van der Waals surface area contributed by atoms with Crippen LogP contribution in [0.5, 0.6) is 5.75 Å². The fourth-order valence-corrected chi connectivity index (χ4v) is 2.60. The van der Waals surface area contributed by atoms with Gasteiger partial charge in [-0.1, -0.05) is 6.07 Å². The predicted molar refractivity (Wildman–Crippen MR) is 89.3 cm³/mol. The van der Waals surface area contributed by atoms with Crippen molar-refractivity contribution in [3.05, 3.63) is 64.1 Å². The van der Waals surface area contributed by atoms with Crippen LogP contribution >= 0.6 is 0 Å². The Bertz CT molecular complexity index is 838. The molecule has 0 unspecified atom stereocenters. The van der Waals surface area contributed by atoms with Gasteiger partial charge in [-0.25, -0.2) is 0 Å². The minimum Gasteiger partial charge on any atom is -0.486 e. The van der Waals surface area contributed by atoms with Crippen LogP contribution < -0.4 is 15.6 Å². The third-order valence-corrected chi connectivity index (χ3v) is 3.90. The van der Waals surface area contributed by atoms with E-state index in [-0.39, 0.29) is 29.3 Å². The van der Waals surface area contributed by atoms with E-state index in [4.69, 9.17) is 14.7 Å². The largest absolute Gasteiger partial charge is 0.486 e. The van der Waals surface area contributed by atoms with E-state index in [0.29, 0.717) is 30.9 Å². The normalized spacial score (nSPS) is 19.6. The van der Waals surface area contributed by atoms with Gasteiger partial charge in [0.2, 0.25) is 5.56 Å². The lowest BCUT2D eigenvalue weighted by molar-refractivity contribution is -0.0135. The summed E-state index contributed by atoms with van der Waals surface area (Å²) in [6.45, 7) is 0.861. The molecule has 1 fully saturated rings. The Morgan fingerprint density at radius 3 is 2.80 bits per heavy atom. The number of nitriles is 1. The van der Waals surface area contributed by atoms with Crippen molar-refractivity contribution in [2.75, 3.05) is 13.2 Å². The molecule has 1 aromatic heterocycles. The van der Waals surface area contributed by atoms with Crippen LogP contribution in [0.2, 0.25) is 0 Å². The highest BCUT2D eigenvalue weighted by Gasteiger charge is 2.29. The second-order valence-electron chi connectivity index (χ2n) is 5.66. The lowest BCUT2D eigenvalue weighted by Gasteiger charge is -2.32. The molecule has 1 aliphatic heterocycles. The van der Waals surface area contributed by atoms with Crippen LogP contribution in [0.15, 0.2) is 47.3 Å². The van der Waals surface area contributed by atoms with Gasteiger partial charge in [0.25, 0.3) is 5.91 Å². The van der Waals surface area contributed by atoms with Crippen molar-refractivity contribution in [3.8, 4) is 11.8 Å². The Morgan fingerprint density at radius 1 is 1.28 bits per heavy atom. The molecule has 2 N–H and O–H groups in total. The zero-order valence-corrected chi connectivity index (χ0v) is 13.4. The first-order chi connectivity index (χ1) is 12.2. The maximum atomic E-state index is 12.3. The van der Waals surface area contributed by atoms with E-state index in [9.17, 15) is 9.59 Å². The molecule has 3 rings (SSSR count). The molecule has 1 saturated heterocycles. The monoisotopic (exact) mass is 339 g/mol. The van der Waals surface area contributed by atoms with Crippen LogP contribution in [0.25, 0.3) is 0 Å². The molecule has 1 aromatic carbocycles. The van der Waals surface area contributed by atoms with Crippen LogP contribution in [0.4, 0.5) is 0 Å². The van der Waals surface area contributed by atoms with E-state index in [2.05, 4.69) is 10.3 Å². The Morgan fingerprint density at radius 2 is 2.08 bits per heavy atom. The topological polar surface area (TPSA) is 104 Å². The van der Waals surface area contributed by atoms with E-state index in [1.165, 1.54) is 12.1 Å². The first-order valence-corrected chi connectivity index (χ1v) is 7.90. The molecule has 1 amide bonds. The summed E-state index contributed by atoms with van der Waals surface area (Å²) < 4.78 is 11.4. The van der Waals surface area contributed by atoms with Gasteiger partial charge >= 0.3 is 0 Å². The average Bonchev–Trinajstić information content (AvgIpc) is 2.64. The molecule has 7 nitrogen and oxygen atoms in total. The van der Waals surface area contributed by atoms with Crippen LogP contribution in [-0.2, 0) is 4.74 Å². The number of H-pyrrole nitrogens is 1. The number of ether oxygens (including phenoxy) is 2. The lowest BCUT2D eigenvalue weighted by atomic mass is 10.1. The molecular formula is C18H17N3O4. The molecule has 0 saturated carbocycles. The third-order valence-electron chi connectivity index (χ3n) is 3.90. The Labute approximate surface area is 144 Å². The van der Waals surface area contributed by atoms with Crippen LogP contribution in [0.1, 0.15) is 22.5 Å². The number of aromatic amines is 1. The molecule has 0 spiro atoms. The number of carbonyl (C=O) groups is 1. The predicted octanol–water partition coefficient (Wildman–Crippen LogP) is 1.21. The van der Waals surface area contributed by atoms with Gasteiger partial charge in [-0.15, -0.1) is 0 Å². The number of carbonyl (C=O) groups excluding carboxylic acids is 1. The zero-order valence-electron chi connectivity index (χ0n) is 13.4. The fraction of sp³-hybridized carbons (Fsp3) is 0.278. The minimum absolute atomic E-state index is 0.205. The van der Waals surface area contributed by atoms with Gasteiger partial charge in [0, 0.05) is 12.7 Å². The summed E-state index contributed by atoms with van der Waals surface area (Å²) in [6.07, 6.45) is 0.241. The highest BCUT2D eigenvalue weighted by Crippen LogP contribution is 2.18. The van der Waals surface area contributed by atoms with Crippen LogP contribution in [-0.4, -0.2) is 36.3 Å². The van der Waals surface area contributed by atoms with Crippen molar-refractivity contribution in [2.24, 2.45) is 0 Å². The smallest absolute Gasteiger partial charge is 0.268 e. The molecule has 0 bridgehead atoms. The SMILES string of the molecule is N#Cc1ccc(O[C@@H]2COCC[C@H]2NC(=O)c2cccc(=O)[nH]2)cc1. The van der Waals surface area contributed by atoms with Crippen molar-refractivity contribution < 1.29 is 14.3 Å². The molecule has 2 aromatic rings. The summed E-state index contributed by atoms with van der Waals surface area (Å²) in [4.78, 5) is 26.2. The van der Waals surface area contributed by atoms with E-state index in [1.807, 2.05) is 6.07 Å². The molecule has 1 aliphatic rings. The molecular weight excluding hydrogens is 322 g/mol. The number of nitrogens with zero attached hydrogens (tertiary/aromatic N) is 1. The molecule has 128 valence electrons. The van der Waals surface area contributed by atoms with Crippen molar-refractivity contribution in [1.29, 1.82) is 5.26 Å². The standard InChI is InChI=1S/C18H17N3O4/c19-10-12-4-6-13(7-5-12)25-16-11-24-9-8-14(16)21-18(23)15-2-1-3-17(22)20-15/h1-7,14,16H,8-9,11H2,(H,20,22)(H,21,23)/t14-,16-/m1/s1. The highest BCUT2D eigenvalue weighted by molar-refractivity contribution is 5.92. The van der Waals surface area contributed by atoms with Crippen molar-refractivity contribution >= 4 is 5.91 Å². The number of hydrogen-bond donors (Lipinski definition) is 2. The Balaban J connectivity index is 1.69. The first kappa shape index (κ1) is 16.7. The number of hydrogen-bond acceptors (Lipinski definition) is 5. The summed E-state index contributed by atoms with van der Waals surface area (Å²) in [5, 5.41) is 11.7. The highest BCUT2D eigenvalue weighted by atomic mass is 16.5. The van der Waals surface area contributed by atoms with Gasteiger partial charge in [0.15, 0.2) is 0 Å². The maximum absolute atomic E-state index is 12.3. The van der Waals surface area contributed by atoms with Gasteiger partial charge in [0.05, 0.1) is 24.3 Å². The Kier molecular flexibility index (Phi) is 5.11. The van der Waals surface area contributed by atoms with E-state index in [1.54, 1.807) is 30.3 Å². The van der Waals surface area contributed by atoms with Gasteiger partial charge in [-0.05, 0) is 36.8 Å². The molecule has 2 heterocycles. The maximum Gasteiger partial charge on any atom is 0.268 e. The summed E-state index contributed by atoms with van der Waals surface area (Å²) in [5.41, 5.74) is 0.422. The molecule has 7 heteroatoms. The number of pyridine rings is 1. The van der Waals surface area contributed by atoms with Gasteiger partial charge in [0.1, 0.15) is 17.5 Å². The number of nitrogens with one attached hydrogen (secondary N) is 2. The van der Waals surface area contributed by atoms with E-state index >= 15 is 0 Å². The summed E-state index contributed by atoms with van der Waals surface area (Å²) in [6, 6.07) is 13.0. The average molecular weight is 339 g/mol. The second kappa shape index (κ2) is 7.64. The number of amides is 1. The first-order valence-electron chi connectivity index (χ1n) is 7.90. The molecule has 25 heavy (non-hydrogen) atoms. The number of rotatable bonds is 4. The zero-order chi connectivity index (χ0) is 17.6. The van der Waals surface area contributed by atoms with E-state index in [0.717, 1.165) is 0 Å². The summed E-state index contributed by atoms with van der Waals surface area (Å²) in [5.74, 6) is 0.236. The van der Waals surface area contributed by atoms with Crippen molar-refractivity contribution in [3.63, 3.8) is 0 Å². The molecule has 0 aliphatic carbocycles. The van der Waals surface area contributed by atoms with Crippen LogP contribution in [0, 0.1) is 11.3 Å². The quantitative estimate of drug-likeness (QED) is 0.871. The fourth-order valence-electron chi connectivity index (χ4n) is 2.60. The van der Waals surface area contributed by atoms with Gasteiger partial charge in [-0.2, -0.15) is 5.26 Å². The third kappa shape index (κ3) is 4.25. The summed E-state index contributed by atoms with van der Waals surface area (Å²) >= 11 is 0. The second-order valence-corrected chi connectivity index (χ2v) is 5.66. The Hall–Kier alpha value is -3.11. The van der Waals surface area contributed by atoms with Crippen molar-refractivity contribution in [1.82, 2.24) is 10.3 Å². The van der Waals surface area contributed by atoms with Crippen LogP contribution in [0.3, 0.4) is 0 Å². The number of aromatic nitrogens is 1. The van der Waals surface area contributed by atoms with E-state index < -0.39 is 0 Å². The molecule has 0 radical (unpaired) electrons. The lowest BCUT2D eigenvalue weighted by Crippen LogP contribution is -2.51. The molecule has 2 atom stereocenters. The number of benzene rings is 1. The van der Waals surface area contributed by atoms with Crippen molar-refractivity contribution in [2.45, 2.75) is 18.6 Å². The van der Waals surface area contributed by atoms with Gasteiger partial charge < -0.3 is 19.8 Å². The minimum atomic E-state index is -0.363.